The Bertz CT molecular complexity index is 159. The molecule has 2 rings (SSSR count). The van der Waals surface area contributed by atoms with Gasteiger partial charge < -0.3 is 10.2 Å². The zero-order valence-electron chi connectivity index (χ0n) is 8.81. The molecule has 1 spiro atoms. The van der Waals surface area contributed by atoms with Gasteiger partial charge in [-0.2, -0.15) is 0 Å². The van der Waals surface area contributed by atoms with Crippen molar-refractivity contribution in [1.82, 2.24) is 10.2 Å². The summed E-state index contributed by atoms with van der Waals surface area (Å²) in [6.07, 6.45) is 7.12. The number of hydrogen-bond donors (Lipinski definition) is 1. The van der Waals surface area contributed by atoms with Crippen LogP contribution < -0.4 is 5.32 Å². The second kappa shape index (κ2) is 3.97. The van der Waals surface area contributed by atoms with Gasteiger partial charge in [-0.1, -0.05) is 0 Å². The first-order valence-electron chi connectivity index (χ1n) is 5.70. The van der Waals surface area contributed by atoms with Crippen molar-refractivity contribution in [3.05, 3.63) is 0 Å². The number of nitrogens with one attached hydrogen (secondary N) is 1. The van der Waals surface area contributed by atoms with Gasteiger partial charge in [0.2, 0.25) is 0 Å². The van der Waals surface area contributed by atoms with Gasteiger partial charge in [-0.05, 0) is 64.2 Å². The zero-order chi connectivity index (χ0) is 9.15. The van der Waals surface area contributed by atoms with Crippen LogP contribution in [0, 0.1) is 5.41 Å². The monoisotopic (exact) mass is 182 g/mol. The van der Waals surface area contributed by atoms with Crippen molar-refractivity contribution in [3.8, 4) is 0 Å². The Morgan fingerprint density at radius 1 is 1.08 bits per heavy atom. The Balaban J connectivity index is 1.99. The van der Waals surface area contributed by atoms with Gasteiger partial charge in [-0.15, -0.1) is 0 Å². The molecular weight excluding hydrogens is 160 g/mol. The van der Waals surface area contributed by atoms with Crippen LogP contribution in [0.4, 0.5) is 0 Å². The van der Waals surface area contributed by atoms with Crippen LogP contribution in [0.15, 0.2) is 0 Å². The Morgan fingerprint density at radius 2 is 1.92 bits per heavy atom. The van der Waals surface area contributed by atoms with Gasteiger partial charge in [0, 0.05) is 6.54 Å². The third-order valence-electron chi connectivity index (χ3n) is 3.75. The van der Waals surface area contributed by atoms with E-state index in [1.165, 1.54) is 58.3 Å². The SMILES string of the molecule is CN1CCCC2(CCCNCC2)C1. The standard InChI is InChI=1S/C11H22N2/c1-13-9-3-5-11(10-13)4-2-7-12-8-6-11/h12H,2-10H2,1H3. The highest BCUT2D eigenvalue weighted by Gasteiger charge is 2.34. The van der Waals surface area contributed by atoms with Gasteiger partial charge in [0.25, 0.3) is 0 Å². The number of rotatable bonds is 0. The molecule has 2 fully saturated rings. The summed E-state index contributed by atoms with van der Waals surface area (Å²) in [5.74, 6) is 0. The third-order valence-corrected chi connectivity index (χ3v) is 3.75. The molecule has 0 aliphatic carbocycles. The van der Waals surface area contributed by atoms with E-state index in [1.54, 1.807) is 0 Å². The van der Waals surface area contributed by atoms with Crippen molar-refractivity contribution >= 4 is 0 Å². The molecule has 2 aliphatic rings. The summed E-state index contributed by atoms with van der Waals surface area (Å²) in [6.45, 7) is 5.14. The zero-order valence-corrected chi connectivity index (χ0v) is 8.81. The van der Waals surface area contributed by atoms with E-state index in [0.29, 0.717) is 5.41 Å². The maximum Gasteiger partial charge on any atom is 0.00354 e. The lowest BCUT2D eigenvalue weighted by atomic mass is 9.74. The molecule has 76 valence electrons. The molecule has 2 aliphatic heterocycles. The minimum absolute atomic E-state index is 0.677. The lowest BCUT2D eigenvalue weighted by Gasteiger charge is -2.41. The molecule has 0 aromatic heterocycles. The first-order chi connectivity index (χ1) is 6.31. The smallest absolute Gasteiger partial charge is 0.00354 e. The van der Waals surface area contributed by atoms with Crippen molar-refractivity contribution in [3.63, 3.8) is 0 Å². The van der Waals surface area contributed by atoms with Crippen LogP contribution in [-0.4, -0.2) is 38.1 Å². The molecule has 2 nitrogen and oxygen atoms in total. The number of nitrogens with zero attached hydrogens (tertiary/aromatic N) is 1. The average molecular weight is 182 g/mol. The summed E-state index contributed by atoms with van der Waals surface area (Å²) in [5, 5.41) is 3.52. The summed E-state index contributed by atoms with van der Waals surface area (Å²) >= 11 is 0. The molecule has 1 atom stereocenters. The molecule has 0 aromatic rings. The molecule has 0 bridgehead atoms. The highest BCUT2D eigenvalue weighted by Crippen LogP contribution is 2.37. The maximum absolute atomic E-state index is 3.52. The minimum Gasteiger partial charge on any atom is -0.317 e. The van der Waals surface area contributed by atoms with Crippen LogP contribution in [0.1, 0.15) is 32.1 Å². The Hall–Kier alpha value is -0.0800. The van der Waals surface area contributed by atoms with Crippen LogP contribution in [0.3, 0.4) is 0 Å². The summed E-state index contributed by atoms with van der Waals surface area (Å²) in [5.41, 5.74) is 0.677. The fraction of sp³-hybridized carbons (Fsp3) is 1.00. The molecule has 0 saturated carbocycles. The summed E-state index contributed by atoms with van der Waals surface area (Å²) in [4.78, 5) is 2.52. The Kier molecular flexibility index (Phi) is 2.89. The highest BCUT2D eigenvalue weighted by atomic mass is 15.1. The summed E-state index contributed by atoms with van der Waals surface area (Å²) in [7, 11) is 2.28. The fourth-order valence-electron chi connectivity index (χ4n) is 3.05. The minimum atomic E-state index is 0.677. The van der Waals surface area contributed by atoms with Crippen molar-refractivity contribution in [1.29, 1.82) is 0 Å². The van der Waals surface area contributed by atoms with Gasteiger partial charge in [0.05, 0.1) is 0 Å². The van der Waals surface area contributed by atoms with Gasteiger partial charge in [-0.3, -0.25) is 0 Å². The average Bonchev–Trinajstić information content (AvgIpc) is 2.31. The number of hydrogen-bond acceptors (Lipinski definition) is 2. The largest absolute Gasteiger partial charge is 0.317 e. The molecule has 1 N–H and O–H groups in total. The van der Waals surface area contributed by atoms with E-state index in [4.69, 9.17) is 0 Å². The lowest BCUT2D eigenvalue weighted by Crippen LogP contribution is -2.41. The van der Waals surface area contributed by atoms with Crippen molar-refractivity contribution in [2.24, 2.45) is 5.41 Å². The van der Waals surface area contributed by atoms with Crippen LogP contribution in [0.25, 0.3) is 0 Å². The molecule has 2 heterocycles. The van der Waals surface area contributed by atoms with E-state index in [1.807, 2.05) is 0 Å². The normalized spacial score (nSPS) is 37.6. The van der Waals surface area contributed by atoms with Crippen LogP contribution >= 0.6 is 0 Å². The second-order valence-corrected chi connectivity index (χ2v) is 4.94. The van der Waals surface area contributed by atoms with Crippen molar-refractivity contribution in [2.45, 2.75) is 32.1 Å². The highest BCUT2D eigenvalue weighted by molar-refractivity contribution is 4.88. The Labute approximate surface area is 81.7 Å². The van der Waals surface area contributed by atoms with Crippen molar-refractivity contribution < 1.29 is 0 Å². The first kappa shape index (κ1) is 9.47. The van der Waals surface area contributed by atoms with Gasteiger partial charge in [0.1, 0.15) is 0 Å². The molecule has 0 aromatic carbocycles. The predicted molar refractivity (Wildman–Crippen MR) is 55.9 cm³/mol. The van der Waals surface area contributed by atoms with E-state index in [2.05, 4.69) is 17.3 Å². The maximum atomic E-state index is 3.52. The summed E-state index contributed by atoms with van der Waals surface area (Å²) in [6, 6.07) is 0. The molecule has 1 unspecified atom stereocenters. The van der Waals surface area contributed by atoms with E-state index in [9.17, 15) is 0 Å². The molecule has 0 radical (unpaired) electrons. The summed E-state index contributed by atoms with van der Waals surface area (Å²) < 4.78 is 0. The fourth-order valence-corrected chi connectivity index (χ4v) is 3.05. The lowest BCUT2D eigenvalue weighted by molar-refractivity contribution is 0.0952. The number of piperidine rings is 1. The topological polar surface area (TPSA) is 15.3 Å². The third kappa shape index (κ3) is 2.23. The van der Waals surface area contributed by atoms with E-state index < -0.39 is 0 Å². The van der Waals surface area contributed by atoms with E-state index in [-0.39, 0.29) is 0 Å². The molecule has 13 heavy (non-hydrogen) atoms. The quantitative estimate of drug-likeness (QED) is 0.610. The second-order valence-electron chi connectivity index (χ2n) is 4.94. The van der Waals surface area contributed by atoms with Gasteiger partial charge >= 0.3 is 0 Å². The molecular formula is C11H22N2. The van der Waals surface area contributed by atoms with E-state index in [0.717, 1.165) is 0 Å². The molecule has 0 amide bonds. The van der Waals surface area contributed by atoms with Crippen LogP contribution in [-0.2, 0) is 0 Å². The molecule has 2 heteroatoms. The van der Waals surface area contributed by atoms with Gasteiger partial charge in [0.15, 0.2) is 0 Å². The van der Waals surface area contributed by atoms with Gasteiger partial charge in [-0.25, -0.2) is 0 Å². The number of likely N-dealkylation sites (tertiary alicyclic amines) is 1. The van der Waals surface area contributed by atoms with Crippen LogP contribution in [0.2, 0.25) is 0 Å². The first-order valence-corrected chi connectivity index (χ1v) is 5.70. The Morgan fingerprint density at radius 3 is 2.77 bits per heavy atom. The van der Waals surface area contributed by atoms with Crippen LogP contribution in [0.5, 0.6) is 0 Å². The predicted octanol–water partition coefficient (Wildman–Crippen LogP) is 1.47. The van der Waals surface area contributed by atoms with E-state index >= 15 is 0 Å². The molecule has 2 saturated heterocycles. The van der Waals surface area contributed by atoms with Crippen molar-refractivity contribution in [2.75, 3.05) is 33.2 Å².